The predicted octanol–water partition coefficient (Wildman–Crippen LogP) is 2.93. The molecule has 2 atom stereocenters. The molecule has 3 nitrogen and oxygen atoms in total. The fourth-order valence-electron chi connectivity index (χ4n) is 4.40. The van der Waals surface area contributed by atoms with Gasteiger partial charge in [-0.15, -0.1) is 11.3 Å². The molecule has 0 N–H and O–H groups in total. The minimum atomic E-state index is 0.482. The van der Waals surface area contributed by atoms with Gasteiger partial charge in [-0.1, -0.05) is 6.07 Å². The molecule has 1 aromatic heterocycles. The van der Waals surface area contributed by atoms with Gasteiger partial charge in [-0.2, -0.15) is 0 Å². The van der Waals surface area contributed by atoms with E-state index in [1.807, 2.05) is 11.3 Å². The lowest BCUT2D eigenvalue weighted by Gasteiger charge is -2.30. The smallest absolute Gasteiger partial charge is 0.0512 e. The molecule has 4 heteroatoms. The highest BCUT2D eigenvalue weighted by atomic mass is 32.1. The van der Waals surface area contributed by atoms with Crippen molar-refractivity contribution >= 4 is 11.3 Å². The van der Waals surface area contributed by atoms with Crippen LogP contribution in [0.4, 0.5) is 0 Å². The average molecular weight is 321 g/mol. The normalized spacial score (nSPS) is 33.2. The third kappa shape index (κ3) is 3.25. The molecule has 3 heterocycles. The van der Waals surface area contributed by atoms with E-state index in [4.69, 9.17) is 4.74 Å². The standard InChI is InChI=1S/C18H28N2OS/c1-19-9-16(12-21-11-15-4-5-15)18(13-19)6-7-20(14-18)10-17-3-2-8-22-17/h2-3,8,15-16H,4-7,9-14H2,1H3/t16-,18+/m1/s1. The summed E-state index contributed by atoms with van der Waals surface area (Å²) < 4.78 is 6.07. The summed E-state index contributed by atoms with van der Waals surface area (Å²) in [6.45, 7) is 8.11. The molecule has 1 aliphatic carbocycles. The van der Waals surface area contributed by atoms with Gasteiger partial charge in [0.2, 0.25) is 0 Å². The van der Waals surface area contributed by atoms with Gasteiger partial charge in [0.15, 0.2) is 0 Å². The first kappa shape index (κ1) is 15.1. The molecular weight excluding hydrogens is 292 g/mol. The Labute approximate surface area is 138 Å². The number of thiophene rings is 1. The summed E-state index contributed by atoms with van der Waals surface area (Å²) in [6, 6.07) is 4.44. The quantitative estimate of drug-likeness (QED) is 0.801. The fourth-order valence-corrected chi connectivity index (χ4v) is 5.14. The zero-order valence-electron chi connectivity index (χ0n) is 13.7. The van der Waals surface area contributed by atoms with E-state index in [9.17, 15) is 0 Å². The highest BCUT2D eigenvalue weighted by Gasteiger charge is 2.49. The van der Waals surface area contributed by atoms with Crippen molar-refractivity contribution < 1.29 is 4.74 Å². The lowest BCUT2D eigenvalue weighted by atomic mass is 9.77. The van der Waals surface area contributed by atoms with Crippen LogP contribution in [0.25, 0.3) is 0 Å². The molecule has 1 aromatic rings. The Bertz CT molecular complexity index is 487. The molecular formula is C18H28N2OS. The highest BCUT2D eigenvalue weighted by molar-refractivity contribution is 7.09. The van der Waals surface area contributed by atoms with Crippen molar-refractivity contribution in [2.75, 3.05) is 46.4 Å². The summed E-state index contributed by atoms with van der Waals surface area (Å²) in [5, 5.41) is 2.19. The van der Waals surface area contributed by atoms with Crippen molar-refractivity contribution in [1.29, 1.82) is 0 Å². The van der Waals surface area contributed by atoms with Crippen LogP contribution in [0.5, 0.6) is 0 Å². The summed E-state index contributed by atoms with van der Waals surface area (Å²) in [5.74, 6) is 1.61. The van der Waals surface area contributed by atoms with E-state index in [1.54, 1.807) is 0 Å². The van der Waals surface area contributed by atoms with Crippen LogP contribution in [0.15, 0.2) is 17.5 Å². The van der Waals surface area contributed by atoms with Crippen molar-refractivity contribution in [3.05, 3.63) is 22.4 Å². The minimum Gasteiger partial charge on any atom is -0.381 e. The molecule has 3 aliphatic rings. The molecule has 0 aromatic carbocycles. The van der Waals surface area contributed by atoms with Gasteiger partial charge in [0.25, 0.3) is 0 Å². The van der Waals surface area contributed by atoms with Crippen LogP contribution >= 0.6 is 11.3 Å². The number of ether oxygens (including phenoxy) is 1. The number of rotatable bonds is 6. The third-order valence-corrected chi connectivity index (χ3v) is 6.64. The summed E-state index contributed by atoms with van der Waals surface area (Å²) >= 11 is 1.89. The van der Waals surface area contributed by atoms with E-state index in [0.717, 1.165) is 31.6 Å². The Hall–Kier alpha value is -0.420. The maximum atomic E-state index is 6.07. The number of hydrogen-bond donors (Lipinski definition) is 0. The van der Waals surface area contributed by atoms with Gasteiger partial charge in [-0.3, -0.25) is 4.90 Å². The van der Waals surface area contributed by atoms with E-state index in [-0.39, 0.29) is 0 Å². The summed E-state index contributed by atoms with van der Waals surface area (Å²) in [7, 11) is 2.28. The molecule has 3 fully saturated rings. The Morgan fingerprint density at radius 3 is 3.00 bits per heavy atom. The van der Waals surface area contributed by atoms with Crippen LogP contribution in [0.1, 0.15) is 24.1 Å². The van der Waals surface area contributed by atoms with E-state index >= 15 is 0 Å². The van der Waals surface area contributed by atoms with E-state index in [1.165, 1.54) is 50.3 Å². The van der Waals surface area contributed by atoms with Gasteiger partial charge >= 0.3 is 0 Å². The van der Waals surface area contributed by atoms with Crippen LogP contribution in [-0.2, 0) is 11.3 Å². The largest absolute Gasteiger partial charge is 0.381 e. The monoisotopic (exact) mass is 320 g/mol. The van der Waals surface area contributed by atoms with E-state index in [2.05, 4.69) is 34.4 Å². The van der Waals surface area contributed by atoms with Crippen LogP contribution < -0.4 is 0 Å². The first-order chi connectivity index (χ1) is 10.7. The summed E-state index contributed by atoms with van der Waals surface area (Å²) in [4.78, 5) is 6.70. The maximum absolute atomic E-state index is 6.07. The summed E-state index contributed by atoms with van der Waals surface area (Å²) in [5.41, 5.74) is 0.482. The first-order valence-corrected chi connectivity index (χ1v) is 9.62. The molecule has 4 rings (SSSR count). The van der Waals surface area contributed by atoms with Crippen LogP contribution in [-0.4, -0.2) is 56.2 Å². The van der Waals surface area contributed by atoms with Crippen LogP contribution in [0, 0.1) is 17.3 Å². The molecule has 2 aliphatic heterocycles. The lowest BCUT2D eigenvalue weighted by molar-refractivity contribution is 0.0556. The second-order valence-electron chi connectivity index (χ2n) is 7.78. The fraction of sp³-hybridized carbons (Fsp3) is 0.778. The predicted molar refractivity (Wildman–Crippen MR) is 91.2 cm³/mol. The van der Waals surface area contributed by atoms with Crippen molar-refractivity contribution in [2.45, 2.75) is 25.8 Å². The average Bonchev–Trinajstić information content (AvgIpc) is 2.90. The minimum absolute atomic E-state index is 0.482. The number of hydrogen-bond acceptors (Lipinski definition) is 4. The van der Waals surface area contributed by atoms with Crippen molar-refractivity contribution in [1.82, 2.24) is 9.80 Å². The molecule has 0 unspecified atom stereocenters. The molecule has 0 bridgehead atoms. The van der Waals surface area contributed by atoms with Gasteiger partial charge in [-0.25, -0.2) is 0 Å². The van der Waals surface area contributed by atoms with Gasteiger partial charge in [0.1, 0.15) is 0 Å². The van der Waals surface area contributed by atoms with Gasteiger partial charge in [0, 0.05) is 49.0 Å². The number of likely N-dealkylation sites (tertiary alicyclic amines) is 2. The third-order valence-electron chi connectivity index (χ3n) is 5.78. The first-order valence-electron chi connectivity index (χ1n) is 8.75. The second-order valence-corrected chi connectivity index (χ2v) is 8.81. The highest BCUT2D eigenvalue weighted by Crippen LogP contribution is 2.44. The molecule has 122 valence electrons. The molecule has 22 heavy (non-hydrogen) atoms. The van der Waals surface area contributed by atoms with Crippen molar-refractivity contribution in [3.63, 3.8) is 0 Å². The zero-order chi connectivity index (χ0) is 15.0. The van der Waals surface area contributed by atoms with Gasteiger partial charge < -0.3 is 9.64 Å². The van der Waals surface area contributed by atoms with Crippen molar-refractivity contribution in [3.8, 4) is 0 Å². The molecule has 0 amide bonds. The molecule has 1 spiro atoms. The number of nitrogens with zero attached hydrogens (tertiary/aromatic N) is 2. The summed E-state index contributed by atoms with van der Waals surface area (Å²) in [6.07, 6.45) is 4.13. The lowest BCUT2D eigenvalue weighted by Crippen LogP contribution is -2.36. The van der Waals surface area contributed by atoms with Crippen LogP contribution in [0.2, 0.25) is 0 Å². The van der Waals surface area contributed by atoms with Crippen molar-refractivity contribution in [2.24, 2.45) is 17.3 Å². The van der Waals surface area contributed by atoms with Gasteiger partial charge in [0.05, 0.1) is 6.61 Å². The second kappa shape index (κ2) is 6.23. The Morgan fingerprint density at radius 1 is 1.32 bits per heavy atom. The van der Waals surface area contributed by atoms with Crippen LogP contribution in [0.3, 0.4) is 0 Å². The van der Waals surface area contributed by atoms with Gasteiger partial charge in [-0.05, 0) is 50.2 Å². The molecule has 0 radical (unpaired) electrons. The maximum Gasteiger partial charge on any atom is 0.0512 e. The van der Waals surface area contributed by atoms with E-state index < -0.39 is 0 Å². The van der Waals surface area contributed by atoms with E-state index in [0.29, 0.717) is 5.41 Å². The topological polar surface area (TPSA) is 15.7 Å². The SMILES string of the molecule is CN1C[C@H](COCC2CC2)[C@@]2(CCN(Cc3cccs3)C2)C1. The molecule has 1 saturated carbocycles. The Kier molecular flexibility index (Phi) is 4.29. The Balaban J connectivity index is 1.35. The Morgan fingerprint density at radius 2 is 2.23 bits per heavy atom. The zero-order valence-corrected chi connectivity index (χ0v) is 14.5. The molecule has 2 saturated heterocycles.